The summed E-state index contributed by atoms with van der Waals surface area (Å²) in [6.07, 6.45) is 1.18. The zero-order valence-electron chi connectivity index (χ0n) is 17.3. The number of ether oxygens (including phenoxy) is 3. The zero-order chi connectivity index (χ0) is 20.7. The van der Waals surface area contributed by atoms with Crippen LogP contribution >= 0.6 is 0 Å². The summed E-state index contributed by atoms with van der Waals surface area (Å²) in [5, 5.41) is 4.69. The summed E-state index contributed by atoms with van der Waals surface area (Å²) in [5.74, 6) is 1.23. The van der Waals surface area contributed by atoms with Crippen molar-refractivity contribution in [2.75, 3.05) is 21.3 Å². The summed E-state index contributed by atoms with van der Waals surface area (Å²) in [6.45, 7) is 4.21. The fraction of sp³-hybridized carbons (Fsp3) is 0.304. The Morgan fingerprint density at radius 1 is 0.966 bits per heavy atom. The summed E-state index contributed by atoms with van der Waals surface area (Å²) in [4.78, 5) is 12.6. The van der Waals surface area contributed by atoms with Crippen LogP contribution in [-0.2, 0) is 17.6 Å². The Morgan fingerprint density at radius 3 is 2.38 bits per heavy atom. The first-order chi connectivity index (χ1) is 14.0. The maximum Gasteiger partial charge on any atom is 0.435 e. The Labute approximate surface area is 170 Å². The summed E-state index contributed by atoms with van der Waals surface area (Å²) >= 11 is 0. The van der Waals surface area contributed by atoms with E-state index in [0.29, 0.717) is 11.5 Å². The third-order valence-corrected chi connectivity index (χ3v) is 5.49. The SMILES string of the molecule is COC(=O)n1nc2c(c1-c1ccc(OC)c(OC)c1)CCc1c(C)cc(C)cc1-2. The molecule has 6 heteroatoms. The van der Waals surface area contributed by atoms with E-state index in [4.69, 9.17) is 14.2 Å². The Morgan fingerprint density at radius 2 is 1.69 bits per heavy atom. The lowest BCUT2D eigenvalue weighted by Gasteiger charge is -2.19. The van der Waals surface area contributed by atoms with Gasteiger partial charge in [0.1, 0.15) is 0 Å². The predicted molar refractivity (Wildman–Crippen MR) is 111 cm³/mol. The van der Waals surface area contributed by atoms with E-state index in [0.717, 1.165) is 40.9 Å². The second-order valence-corrected chi connectivity index (χ2v) is 7.24. The normalized spacial score (nSPS) is 12.2. The number of carbonyl (C=O) groups is 1. The van der Waals surface area contributed by atoms with Gasteiger partial charge >= 0.3 is 6.09 Å². The highest BCUT2D eigenvalue weighted by molar-refractivity contribution is 5.86. The van der Waals surface area contributed by atoms with Crippen molar-refractivity contribution in [2.24, 2.45) is 0 Å². The number of hydrogen-bond acceptors (Lipinski definition) is 5. The molecule has 0 saturated carbocycles. The molecule has 0 bridgehead atoms. The number of methoxy groups -OCH3 is 3. The van der Waals surface area contributed by atoms with Crippen LogP contribution in [0.15, 0.2) is 30.3 Å². The molecule has 0 saturated heterocycles. The van der Waals surface area contributed by atoms with Gasteiger partial charge in [-0.25, -0.2) is 4.79 Å². The van der Waals surface area contributed by atoms with Gasteiger partial charge in [-0.3, -0.25) is 0 Å². The van der Waals surface area contributed by atoms with Crippen LogP contribution in [0.25, 0.3) is 22.5 Å². The van der Waals surface area contributed by atoms with Crippen molar-refractivity contribution >= 4 is 6.09 Å². The molecule has 6 nitrogen and oxygen atoms in total. The molecule has 4 rings (SSSR count). The second kappa shape index (κ2) is 7.28. The molecule has 0 fully saturated rings. The molecule has 3 aromatic rings. The molecule has 1 aliphatic rings. The van der Waals surface area contributed by atoms with Crippen LogP contribution < -0.4 is 9.47 Å². The number of aromatic nitrogens is 2. The van der Waals surface area contributed by atoms with Gasteiger partial charge in [0, 0.05) is 16.7 Å². The van der Waals surface area contributed by atoms with E-state index in [-0.39, 0.29) is 0 Å². The number of aryl methyl sites for hydroxylation is 2. The molecule has 0 radical (unpaired) electrons. The Kier molecular flexibility index (Phi) is 4.78. The lowest BCUT2D eigenvalue weighted by molar-refractivity contribution is 0.169. The molecule has 0 N–H and O–H groups in total. The number of nitrogens with zero attached hydrogens (tertiary/aromatic N) is 2. The largest absolute Gasteiger partial charge is 0.493 e. The van der Waals surface area contributed by atoms with Gasteiger partial charge in [-0.15, -0.1) is 0 Å². The Bertz CT molecular complexity index is 1110. The third kappa shape index (κ3) is 3.05. The molecule has 1 aromatic heterocycles. The monoisotopic (exact) mass is 392 g/mol. The van der Waals surface area contributed by atoms with E-state index in [2.05, 4.69) is 31.1 Å². The van der Waals surface area contributed by atoms with Crippen molar-refractivity contribution in [3.05, 3.63) is 52.6 Å². The highest BCUT2D eigenvalue weighted by atomic mass is 16.5. The third-order valence-electron chi connectivity index (χ3n) is 5.49. The topological polar surface area (TPSA) is 62.6 Å². The number of rotatable bonds is 3. The molecule has 1 aliphatic carbocycles. The molecule has 150 valence electrons. The number of carbonyl (C=O) groups excluding carboxylic acids is 1. The standard InChI is InChI=1S/C23H24N2O4/c1-13-10-14(2)16-7-8-17-21(18(16)11-13)24-25(23(26)29-5)22(17)15-6-9-19(27-3)20(12-15)28-4/h6,9-12H,7-8H2,1-5H3. The first-order valence-electron chi connectivity index (χ1n) is 9.51. The smallest absolute Gasteiger partial charge is 0.435 e. The molecule has 0 spiro atoms. The van der Waals surface area contributed by atoms with Gasteiger partial charge in [0.2, 0.25) is 0 Å². The summed E-state index contributed by atoms with van der Waals surface area (Å²) in [5.41, 5.74) is 8.26. The molecular formula is C23H24N2O4. The van der Waals surface area contributed by atoms with Gasteiger partial charge in [0.05, 0.1) is 32.7 Å². The molecule has 29 heavy (non-hydrogen) atoms. The van der Waals surface area contributed by atoms with Crippen molar-refractivity contribution in [2.45, 2.75) is 26.7 Å². The van der Waals surface area contributed by atoms with E-state index in [9.17, 15) is 4.79 Å². The minimum atomic E-state index is -0.518. The highest BCUT2D eigenvalue weighted by Crippen LogP contribution is 2.42. The number of fused-ring (bicyclic) bond motifs is 3. The van der Waals surface area contributed by atoms with E-state index < -0.39 is 6.09 Å². The van der Waals surface area contributed by atoms with Crippen LogP contribution in [0.4, 0.5) is 4.79 Å². The maximum absolute atomic E-state index is 12.6. The molecule has 1 heterocycles. The molecule has 0 unspecified atom stereocenters. The van der Waals surface area contributed by atoms with Gasteiger partial charge in [-0.1, -0.05) is 11.6 Å². The van der Waals surface area contributed by atoms with E-state index >= 15 is 0 Å². The van der Waals surface area contributed by atoms with Crippen molar-refractivity contribution in [3.63, 3.8) is 0 Å². The van der Waals surface area contributed by atoms with Crippen LogP contribution in [0.5, 0.6) is 11.5 Å². The highest BCUT2D eigenvalue weighted by Gasteiger charge is 2.29. The number of benzene rings is 2. The van der Waals surface area contributed by atoms with Gasteiger partial charge in [-0.05, 0) is 62.1 Å². The first kappa shape index (κ1) is 19.1. The predicted octanol–water partition coefficient (Wildman–Crippen LogP) is 4.56. The molecule has 0 atom stereocenters. The Balaban J connectivity index is 1.99. The zero-order valence-corrected chi connectivity index (χ0v) is 17.3. The van der Waals surface area contributed by atoms with E-state index in [1.807, 2.05) is 18.2 Å². The van der Waals surface area contributed by atoms with E-state index in [1.165, 1.54) is 28.5 Å². The van der Waals surface area contributed by atoms with Crippen molar-refractivity contribution in [1.29, 1.82) is 0 Å². The average molecular weight is 392 g/mol. The fourth-order valence-corrected chi connectivity index (χ4v) is 4.19. The van der Waals surface area contributed by atoms with Crippen LogP contribution in [0.3, 0.4) is 0 Å². The summed E-state index contributed by atoms with van der Waals surface area (Å²) in [6, 6.07) is 9.95. The minimum Gasteiger partial charge on any atom is -0.493 e. The summed E-state index contributed by atoms with van der Waals surface area (Å²) < 4.78 is 17.2. The van der Waals surface area contributed by atoms with Crippen molar-refractivity contribution in [3.8, 4) is 34.0 Å². The fourth-order valence-electron chi connectivity index (χ4n) is 4.19. The lowest BCUT2D eigenvalue weighted by Crippen LogP contribution is -2.14. The molecular weight excluding hydrogens is 368 g/mol. The first-order valence-corrected chi connectivity index (χ1v) is 9.51. The van der Waals surface area contributed by atoms with Gasteiger partial charge < -0.3 is 14.2 Å². The Hall–Kier alpha value is -3.28. The molecule has 0 amide bonds. The van der Waals surface area contributed by atoms with E-state index in [1.54, 1.807) is 14.2 Å². The number of hydrogen-bond donors (Lipinski definition) is 0. The van der Waals surface area contributed by atoms with Gasteiger partial charge in [-0.2, -0.15) is 9.78 Å². The van der Waals surface area contributed by atoms with Gasteiger partial charge in [0.25, 0.3) is 0 Å². The maximum atomic E-state index is 12.6. The molecule has 0 aliphatic heterocycles. The molecule has 2 aromatic carbocycles. The lowest BCUT2D eigenvalue weighted by atomic mass is 9.84. The van der Waals surface area contributed by atoms with Crippen LogP contribution in [0.1, 0.15) is 22.3 Å². The minimum absolute atomic E-state index is 0.518. The van der Waals surface area contributed by atoms with Crippen molar-refractivity contribution < 1.29 is 19.0 Å². The van der Waals surface area contributed by atoms with Crippen LogP contribution in [0.2, 0.25) is 0 Å². The van der Waals surface area contributed by atoms with Crippen LogP contribution in [-0.4, -0.2) is 37.2 Å². The average Bonchev–Trinajstić information content (AvgIpc) is 3.12. The quantitative estimate of drug-likeness (QED) is 0.654. The summed E-state index contributed by atoms with van der Waals surface area (Å²) in [7, 11) is 4.56. The van der Waals surface area contributed by atoms with Gasteiger partial charge in [0.15, 0.2) is 11.5 Å². The van der Waals surface area contributed by atoms with Crippen molar-refractivity contribution in [1.82, 2.24) is 9.78 Å². The second-order valence-electron chi connectivity index (χ2n) is 7.24. The van der Waals surface area contributed by atoms with Crippen LogP contribution in [0, 0.1) is 13.8 Å².